The predicted molar refractivity (Wildman–Crippen MR) is 48.2 cm³/mol. The highest BCUT2D eigenvalue weighted by Gasteiger charge is 2.35. The van der Waals surface area contributed by atoms with E-state index in [0.29, 0.717) is 0 Å². The minimum Gasteiger partial charge on any atom is -0.495 e. The van der Waals surface area contributed by atoms with Crippen LogP contribution in [0.1, 0.15) is 15.9 Å². The van der Waals surface area contributed by atoms with Crippen LogP contribution in [0.2, 0.25) is 0 Å². The Bertz CT molecular complexity index is 387. The highest BCUT2D eigenvalue weighted by molar-refractivity contribution is 6.68. The van der Waals surface area contributed by atoms with Gasteiger partial charge in [0.2, 0.25) is 0 Å². The molecule has 0 heterocycles. The summed E-state index contributed by atoms with van der Waals surface area (Å²) in [7, 11) is 1.05. The van der Waals surface area contributed by atoms with Crippen molar-refractivity contribution >= 4 is 16.8 Å². The monoisotopic (exact) mass is 238 g/mol. The van der Waals surface area contributed by atoms with Crippen molar-refractivity contribution < 1.29 is 22.7 Å². The average molecular weight is 239 g/mol. The zero-order chi connectivity index (χ0) is 11.6. The van der Waals surface area contributed by atoms with Gasteiger partial charge in [0.15, 0.2) is 0 Å². The van der Waals surface area contributed by atoms with Gasteiger partial charge in [0.1, 0.15) is 5.75 Å². The number of rotatable bonds is 2. The van der Waals surface area contributed by atoms with Crippen LogP contribution in [0.25, 0.3) is 0 Å². The normalized spacial score (nSPS) is 11.3. The topological polar surface area (TPSA) is 26.3 Å². The molecule has 0 atom stereocenters. The van der Waals surface area contributed by atoms with E-state index in [1.54, 1.807) is 0 Å². The summed E-state index contributed by atoms with van der Waals surface area (Å²) in [4.78, 5) is 10.8. The Morgan fingerprint density at radius 1 is 1.40 bits per heavy atom. The first-order valence-electron chi connectivity index (χ1n) is 3.82. The van der Waals surface area contributed by atoms with E-state index in [4.69, 9.17) is 11.6 Å². The zero-order valence-electron chi connectivity index (χ0n) is 7.56. The molecule has 0 aromatic heterocycles. The highest BCUT2D eigenvalue weighted by atomic mass is 35.5. The van der Waals surface area contributed by atoms with Crippen LogP contribution in [0.4, 0.5) is 13.2 Å². The molecule has 0 fully saturated rings. The van der Waals surface area contributed by atoms with E-state index in [1.807, 2.05) is 0 Å². The Balaban J connectivity index is 3.42. The van der Waals surface area contributed by atoms with Crippen LogP contribution in [-0.2, 0) is 6.18 Å². The van der Waals surface area contributed by atoms with Crippen molar-refractivity contribution in [3.8, 4) is 5.75 Å². The van der Waals surface area contributed by atoms with E-state index in [9.17, 15) is 18.0 Å². The molecule has 1 aromatic rings. The molecule has 0 aliphatic heterocycles. The van der Waals surface area contributed by atoms with Crippen LogP contribution in [0.3, 0.4) is 0 Å². The number of carbonyl (C=O) groups is 1. The van der Waals surface area contributed by atoms with Gasteiger partial charge in [-0.2, -0.15) is 13.2 Å². The molecule has 0 aliphatic rings. The fourth-order valence-corrected chi connectivity index (χ4v) is 1.28. The van der Waals surface area contributed by atoms with Gasteiger partial charge in [0, 0.05) is 0 Å². The summed E-state index contributed by atoms with van der Waals surface area (Å²) in [5.41, 5.74) is -1.31. The SMILES string of the molecule is COc1c(C(=O)Cl)cccc1C(F)(F)F. The van der Waals surface area contributed by atoms with Gasteiger partial charge in [-0.05, 0) is 23.7 Å². The second-order valence-electron chi connectivity index (χ2n) is 2.66. The van der Waals surface area contributed by atoms with Crippen molar-refractivity contribution in [1.29, 1.82) is 0 Å². The number of alkyl halides is 3. The average Bonchev–Trinajstić information content (AvgIpc) is 2.15. The first kappa shape index (κ1) is 11.8. The molecule has 0 amide bonds. The number of methoxy groups -OCH3 is 1. The summed E-state index contributed by atoms with van der Waals surface area (Å²) in [6, 6.07) is 3.09. The summed E-state index contributed by atoms with van der Waals surface area (Å²) >= 11 is 5.12. The lowest BCUT2D eigenvalue weighted by molar-refractivity contribution is -0.138. The third kappa shape index (κ3) is 2.41. The molecule has 15 heavy (non-hydrogen) atoms. The molecule has 0 saturated carbocycles. The minimum absolute atomic E-state index is 0.297. The Hall–Kier alpha value is -1.23. The number of hydrogen-bond acceptors (Lipinski definition) is 2. The third-order valence-electron chi connectivity index (χ3n) is 1.74. The molecular formula is C9H6ClF3O2. The molecule has 0 spiro atoms. The lowest BCUT2D eigenvalue weighted by Gasteiger charge is -2.13. The van der Waals surface area contributed by atoms with Gasteiger partial charge in [-0.15, -0.1) is 0 Å². The molecular weight excluding hydrogens is 233 g/mol. The van der Waals surface area contributed by atoms with Crippen molar-refractivity contribution in [3.63, 3.8) is 0 Å². The minimum atomic E-state index is -4.58. The number of carbonyl (C=O) groups excluding carboxylic acids is 1. The molecule has 1 rings (SSSR count). The van der Waals surface area contributed by atoms with E-state index < -0.39 is 22.7 Å². The fourth-order valence-electron chi connectivity index (χ4n) is 1.13. The summed E-state index contributed by atoms with van der Waals surface area (Å²) in [6.45, 7) is 0. The molecule has 0 saturated heterocycles. The van der Waals surface area contributed by atoms with Crippen LogP contribution < -0.4 is 4.74 Å². The van der Waals surface area contributed by atoms with Crippen LogP contribution in [0, 0.1) is 0 Å². The van der Waals surface area contributed by atoms with Gasteiger partial charge >= 0.3 is 6.18 Å². The van der Waals surface area contributed by atoms with E-state index in [0.717, 1.165) is 19.2 Å². The van der Waals surface area contributed by atoms with Crippen LogP contribution in [0.15, 0.2) is 18.2 Å². The molecule has 0 aliphatic carbocycles. The Morgan fingerprint density at radius 3 is 2.40 bits per heavy atom. The number of hydrogen-bond donors (Lipinski definition) is 0. The maximum atomic E-state index is 12.4. The van der Waals surface area contributed by atoms with Gasteiger partial charge in [-0.1, -0.05) is 6.07 Å². The maximum absolute atomic E-state index is 12.4. The third-order valence-corrected chi connectivity index (χ3v) is 1.94. The fraction of sp³-hybridized carbons (Fsp3) is 0.222. The summed E-state index contributed by atoms with van der Waals surface area (Å²) in [5.74, 6) is -0.551. The lowest BCUT2D eigenvalue weighted by Crippen LogP contribution is -2.09. The van der Waals surface area contributed by atoms with E-state index in [-0.39, 0.29) is 5.56 Å². The smallest absolute Gasteiger partial charge is 0.419 e. The van der Waals surface area contributed by atoms with Crippen molar-refractivity contribution in [2.24, 2.45) is 0 Å². The van der Waals surface area contributed by atoms with Crippen LogP contribution in [0.5, 0.6) is 5.75 Å². The van der Waals surface area contributed by atoms with E-state index in [1.165, 1.54) is 6.07 Å². The van der Waals surface area contributed by atoms with Crippen molar-refractivity contribution in [2.45, 2.75) is 6.18 Å². The standard InChI is InChI=1S/C9H6ClF3O2/c1-15-7-5(8(10)14)3-2-4-6(7)9(11,12)13/h2-4H,1H3. The molecule has 0 bridgehead atoms. The summed E-state index contributed by atoms with van der Waals surface area (Å²) < 4.78 is 41.9. The molecule has 2 nitrogen and oxygen atoms in total. The van der Waals surface area contributed by atoms with Crippen molar-refractivity contribution in [1.82, 2.24) is 0 Å². The summed E-state index contributed by atoms with van der Waals surface area (Å²) in [5, 5.41) is -0.988. The first-order chi connectivity index (χ1) is 6.88. The van der Waals surface area contributed by atoms with E-state index >= 15 is 0 Å². The molecule has 0 radical (unpaired) electrons. The Kier molecular flexibility index (Phi) is 3.24. The maximum Gasteiger partial charge on any atom is 0.419 e. The molecule has 6 heteroatoms. The Morgan fingerprint density at radius 2 is 2.00 bits per heavy atom. The number of para-hydroxylation sites is 1. The largest absolute Gasteiger partial charge is 0.495 e. The predicted octanol–water partition coefficient (Wildman–Crippen LogP) is 3.09. The lowest BCUT2D eigenvalue weighted by atomic mass is 10.1. The van der Waals surface area contributed by atoms with Gasteiger partial charge in [0.05, 0.1) is 18.2 Å². The van der Waals surface area contributed by atoms with Gasteiger partial charge in [-0.25, -0.2) is 0 Å². The quantitative estimate of drug-likeness (QED) is 0.740. The molecule has 0 unspecified atom stereocenters. The second kappa shape index (κ2) is 4.10. The van der Waals surface area contributed by atoms with Gasteiger partial charge in [0.25, 0.3) is 5.24 Å². The first-order valence-corrected chi connectivity index (χ1v) is 4.19. The molecule has 82 valence electrons. The second-order valence-corrected chi connectivity index (χ2v) is 3.00. The number of benzene rings is 1. The molecule has 1 aromatic carbocycles. The van der Waals surface area contributed by atoms with Gasteiger partial charge < -0.3 is 4.74 Å². The summed E-state index contributed by atoms with van der Waals surface area (Å²) in [6.07, 6.45) is -4.58. The molecule has 0 N–H and O–H groups in total. The number of ether oxygens (including phenoxy) is 1. The van der Waals surface area contributed by atoms with Crippen LogP contribution in [-0.4, -0.2) is 12.4 Å². The van der Waals surface area contributed by atoms with Crippen molar-refractivity contribution in [3.05, 3.63) is 29.3 Å². The zero-order valence-corrected chi connectivity index (χ0v) is 8.32. The van der Waals surface area contributed by atoms with Crippen LogP contribution >= 0.6 is 11.6 Å². The van der Waals surface area contributed by atoms with Crippen molar-refractivity contribution in [2.75, 3.05) is 7.11 Å². The van der Waals surface area contributed by atoms with E-state index in [2.05, 4.69) is 4.74 Å². The van der Waals surface area contributed by atoms with Gasteiger partial charge in [-0.3, -0.25) is 4.79 Å². The number of halogens is 4. The highest BCUT2D eigenvalue weighted by Crippen LogP contribution is 2.38. The Labute approximate surface area is 88.6 Å².